The van der Waals surface area contributed by atoms with Crippen molar-refractivity contribution < 1.29 is 12.6 Å². The molecular formula is C13H13ClO3S. The van der Waals surface area contributed by atoms with Crippen molar-refractivity contribution in [2.45, 2.75) is 12.3 Å². The van der Waals surface area contributed by atoms with Crippen LogP contribution >= 0.6 is 11.6 Å². The fraction of sp³-hybridized carbons (Fsp3) is 0.231. The summed E-state index contributed by atoms with van der Waals surface area (Å²) in [5.74, 6) is 0.256. The van der Waals surface area contributed by atoms with Crippen molar-refractivity contribution >= 4 is 21.7 Å². The van der Waals surface area contributed by atoms with Crippen LogP contribution in [0.1, 0.15) is 17.9 Å². The zero-order chi connectivity index (χ0) is 13.2. The van der Waals surface area contributed by atoms with Crippen LogP contribution in [0, 0.1) is 0 Å². The molecule has 0 bridgehead atoms. The second-order valence-electron chi connectivity index (χ2n) is 4.09. The molecule has 1 aromatic carbocycles. The molecule has 1 atom stereocenters. The van der Waals surface area contributed by atoms with Gasteiger partial charge in [-0.15, -0.1) is 0 Å². The zero-order valence-electron chi connectivity index (χ0n) is 9.84. The van der Waals surface area contributed by atoms with E-state index in [1.54, 1.807) is 18.2 Å². The summed E-state index contributed by atoms with van der Waals surface area (Å²) in [6.45, 7) is 0. The van der Waals surface area contributed by atoms with Crippen LogP contribution in [-0.2, 0) is 14.3 Å². The first-order valence-corrected chi connectivity index (χ1v) is 7.67. The highest BCUT2D eigenvalue weighted by atomic mass is 35.5. The van der Waals surface area contributed by atoms with E-state index >= 15 is 0 Å². The SMILES string of the molecule is CS(=O)(=O)OC1=CC=CC[C@H]1c1ccccc1Cl. The van der Waals surface area contributed by atoms with Crippen molar-refractivity contribution in [3.63, 3.8) is 0 Å². The van der Waals surface area contributed by atoms with E-state index in [0.29, 0.717) is 17.2 Å². The van der Waals surface area contributed by atoms with Crippen molar-refractivity contribution in [1.29, 1.82) is 0 Å². The third-order valence-electron chi connectivity index (χ3n) is 2.64. The maximum atomic E-state index is 11.2. The van der Waals surface area contributed by atoms with Gasteiger partial charge in [-0.1, -0.05) is 42.0 Å². The summed E-state index contributed by atoms with van der Waals surface area (Å²) in [7, 11) is -3.52. The molecule has 0 saturated carbocycles. The quantitative estimate of drug-likeness (QED) is 0.800. The van der Waals surface area contributed by atoms with Crippen LogP contribution in [-0.4, -0.2) is 14.7 Å². The molecule has 0 aliphatic heterocycles. The standard InChI is InChI=1S/C13H13ClO3S/c1-18(15,16)17-13-9-5-3-7-11(13)10-6-2-4-8-12(10)14/h2-6,8-9,11H,7H2,1H3/t11-/m0/s1. The van der Waals surface area contributed by atoms with Gasteiger partial charge in [-0.25, -0.2) is 0 Å². The van der Waals surface area contributed by atoms with Crippen LogP contribution in [0.15, 0.2) is 48.3 Å². The first-order chi connectivity index (χ1) is 8.47. The van der Waals surface area contributed by atoms with Crippen molar-refractivity contribution in [3.05, 3.63) is 58.8 Å². The molecule has 0 unspecified atom stereocenters. The van der Waals surface area contributed by atoms with Crippen molar-refractivity contribution in [3.8, 4) is 0 Å². The molecule has 1 aliphatic rings. The van der Waals surface area contributed by atoms with Crippen LogP contribution in [0.4, 0.5) is 0 Å². The summed E-state index contributed by atoms with van der Waals surface area (Å²) >= 11 is 6.14. The Morgan fingerprint density at radius 3 is 2.72 bits per heavy atom. The highest BCUT2D eigenvalue weighted by Gasteiger charge is 2.23. The van der Waals surface area contributed by atoms with Gasteiger partial charge < -0.3 is 4.18 Å². The monoisotopic (exact) mass is 284 g/mol. The first kappa shape index (κ1) is 13.2. The van der Waals surface area contributed by atoms with E-state index in [1.807, 2.05) is 24.3 Å². The van der Waals surface area contributed by atoms with Crippen LogP contribution in [0.25, 0.3) is 0 Å². The van der Waals surface area contributed by atoms with E-state index in [-0.39, 0.29) is 5.92 Å². The third-order valence-corrected chi connectivity index (χ3v) is 3.48. The highest BCUT2D eigenvalue weighted by Crippen LogP contribution is 2.36. The highest BCUT2D eigenvalue weighted by molar-refractivity contribution is 7.86. The molecule has 1 aliphatic carbocycles. The van der Waals surface area contributed by atoms with E-state index in [2.05, 4.69) is 0 Å². The lowest BCUT2D eigenvalue weighted by molar-refractivity contribution is 0.377. The van der Waals surface area contributed by atoms with E-state index in [1.165, 1.54) is 0 Å². The van der Waals surface area contributed by atoms with Gasteiger partial charge in [0.2, 0.25) is 0 Å². The largest absolute Gasteiger partial charge is 0.386 e. The Hall–Kier alpha value is -1.26. The van der Waals surface area contributed by atoms with Crippen LogP contribution in [0.5, 0.6) is 0 Å². The fourth-order valence-electron chi connectivity index (χ4n) is 1.91. The van der Waals surface area contributed by atoms with Gasteiger partial charge in [0, 0.05) is 10.9 Å². The minimum absolute atomic E-state index is 0.154. The number of rotatable bonds is 3. The summed E-state index contributed by atoms with van der Waals surface area (Å²) in [5, 5.41) is 0.612. The topological polar surface area (TPSA) is 43.4 Å². The molecule has 0 N–H and O–H groups in total. The molecule has 2 rings (SSSR count). The molecule has 0 amide bonds. The summed E-state index contributed by atoms with van der Waals surface area (Å²) in [6, 6.07) is 7.38. The Morgan fingerprint density at radius 2 is 2.06 bits per heavy atom. The van der Waals surface area contributed by atoms with Crippen molar-refractivity contribution in [1.82, 2.24) is 0 Å². The Bertz CT molecular complexity index is 602. The van der Waals surface area contributed by atoms with Gasteiger partial charge in [-0.2, -0.15) is 8.42 Å². The van der Waals surface area contributed by atoms with Crippen LogP contribution in [0.3, 0.4) is 0 Å². The Labute approximate surface area is 112 Å². The Kier molecular flexibility index (Phi) is 3.78. The molecule has 0 saturated heterocycles. The van der Waals surface area contributed by atoms with Gasteiger partial charge in [-0.3, -0.25) is 0 Å². The molecular weight excluding hydrogens is 272 g/mol. The predicted molar refractivity (Wildman–Crippen MR) is 72.0 cm³/mol. The maximum absolute atomic E-state index is 11.2. The molecule has 0 fully saturated rings. The number of allylic oxidation sites excluding steroid dienone is 4. The van der Waals surface area contributed by atoms with Gasteiger partial charge in [0.05, 0.1) is 6.26 Å². The van der Waals surface area contributed by atoms with Gasteiger partial charge in [0.15, 0.2) is 0 Å². The van der Waals surface area contributed by atoms with E-state index < -0.39 is 10.1 Å². The molecule has 1 aromatic rings. The van der Waals surface area contributed by atoms with Crippen molar-refractivity contribution in [2.75, 3.05) is 6.26 Å². The minimum Gasteiger partial charge on any atom is -0.386 e. The summed E-state index contributed by atoms with van der Waals surface area (Å²) < 4.78 is 27.5. The zero-order valence-corrected chi connectivity index (χ0v) is 11.4. The normalized spacial score (nSPS) is 19.4. The fourth-order valence-corrected chi connectivity index (χ4v) is 2.70. The van der Waals surface area contributed by atoms with Gasteiger partial charge >= 0.3 is 10.1 Å². The predicted octanol–water partition coefficient (Wildman–Crippen LogP) is 3.24. The lowest BCUT2D eigenvalue weighted by Gasteiger charge is -2.21. The summed E-state index contributed by atoms with van der Waals surface area (Å²) in [4.78, 5) is 0. The number of hydrogen-bond donors (Lipinski definition) is 0. The third kappa shape index (κ3) is 3.15. The molecule has 0 spiro atoms. The maximum Gasteiger partial charge on any atom is 0.305 e. The van der Waals surface area contributed by atoms with E-state index in [9.17, 15) is 8.42 Å². The Morgan fingerprint density at radius 1 is 1.33 bits per heavy atom. The average molecular weight is 285 g/mol. The number of halogens is 1. The first-order valence-electron chi connectivity index (χ1n) is 5.48. The molecule has 0 heterocycles. The Balaban J connectivity index is 2.36. The van der Waals surface area contributed by atoms with E-state index in [0.717, 1.165) is 11.8 Å². The second kappa shape index (κ2) is 5.16. The van der Waals surface area contributed by atoms with Crippen LogP contribution in [0.2, 0.25) is 5.02 Å². The molecule has 5 heteroatoms. The van der Waals surface area contributed by atoms with Gasteiger partial charge in [-0.05, 0) is 24.1 Å². The lowest BCUT2D eigenvalue weighted by atomic mass is 9.91. The van der Waals surface area contributed by atoms with E-state index in [4.69, 9.17) is 15.8 Å². The molecule has 0 aromatic heterocycles. The molecule has 18 heavy (non-hydrogen) atoms. The van der Waals surface area contributed by atoms with Crippen LogP contribution < -0.4 is 0 Å². The minimum atomic E-state index is -3.52. The molecule has 3 nitrogen and oxygen atoms in total. The summed E-state index contributed by atoms with van der Waals surface area (Å²) in [5.41, 5.74) is 0.874. The molecule has 96 valence electrons. The van der Waals surface area contributed by atoms with Crippen molar-refractivity contribution in [2.24, 2.45) is 0 Å². The average Bonchev–Trinajstić information content (AvgIpc) is 2.29. The second-order valence-corrected chi connectivity index (χ2v) is 6.08. The number of hydrogen-bond acceptors (Lipinski definition) is 3. The summed E-state index contributed by atoms with van der Waals surface area (Å²) in [6.07, 6.45) is 7.12. The van der Waals surface area contributed by atoms with Gasteiger partial charge in [0.25, 0.3) is 0 Å². The lowest BCUT2D eigenvalue weighted by Crippen LogP contribution is -2.12. The van der Waals surface area contributed by atoms with Gasteiger partial charge in [0.1, 0.15) is 5.76 Å². The number of benzene rings is 1. The smallest absolute Gasteiger partial charge is 0.305 e. The molecule has 0 radical (unpaired) electrons.